The molecule has 19 heavy (non-hydrogen) atoms. The van der Waals surface area contributed by atoms with E-state index in [1.54, 1.807) is 24.7 Å². The third kappa shape index (κ3) is 3.02. The van der Waals surface area contributed by atoms with Crippen LogP contribution in [0.2, 0.25) is 10.3 Å². The van der Waals surface area contributed by atoms with Gasteiger partial charge in [-0.15, -0.1) is 0 Å². The summed E-state index contributed by atoms with van der Waals surface area (Å²) in [4.78, 5) is 3.97. The van der Waals surface area contributed by atoms with Crippen LogP contribution in [0.4, 0.5) is 5.69 Å². The van der Waals surface area contributed by atoms with Crippen molar-refractivity contribution in [3.05, 3.63) is 40.4 Å². The van der Waals surface area contributed by atoms with Crippen LogP contribution in [-0.4, -0.2) is 18.0 Å². The Balaban J connectivity index is 2.41. The SMILES string of the molecule is Cc1cc(Cl)nc(Cl)c1NS(=O)(=O)c1ccn(C)c1. The first-order valence-electron chi connectivity index (χ1n) is 5.27. The van der Waals surface area contributed by atoms with E-state index in [4.69, 9.17) is 23.2 Å². The normalized spacial score (nSPS) is 11.6. The van der Waals surface area contributed by atoms with Gasteiger partial charge in [-0.2, -0.15) is 0 Å². The molecule has 0 aliphatic carbocycles. The van der Waals surface area contributed by atoms with E-state index in [2.05, 4.69) is 9.71 Å². The zero-order chi connectivity index (χ0) is 14.2. The van der Waals surface area contributed by atoms with Gasteiger partial charge in [-0.3, -0.25) is 4.72 Å². The Kier molecular flexibility index (Phi) is 3.75. The number of rotatable bonds is 3. The largest absolute Gasteiger partial charge is 0.356 e. The Bertz CT molecular complexity index is 702. The Morgan fingerprint density at radius 2 is 2.05 bits per heavy atom. The molecule has 0 saturated carbocycles. The molecule has 0 aliphatic rings. The molecule has 0 aliphatic heterocycles. The van der Waals surface area contributed by atoms with Crippen LogP contribution in [0.1, 0.15) is 5.56 Å². The minimum absolute atomic E-state index is 0.0181. The van der Waals surface area contributed by atoms with Gasteiger partial charge in [0.1, 0.15) is 10.0 Å². The van der Waals surface area contributed by atoms with Crippen LogP contribution >= 0.6 is 23.2 Å². The molecule has 102 valence electrons. The van der Waals surface area contributed by atoms with E-state index >= 15 is 0 Å². The van der Waals surface area contributed by atoms with Crippen molar-refractivity contribution < 1.29 is 8.42 Å². The van der Waals surface area contributed by atoms with E-state index in [-0.39, 0.29) is 20.9 Å². The molecule has 0 amide bonds. The molecule has 8 heteroatoms. The van der Waals surface area contributed by atoms with Crippen molar-refractivity contribution >= 4 is 38.9 Å². The molecule has 5 nitrogen and oxygen atoms in total. The molecule has 1 N–H and O–H groups in total. The molecule has 0 saturated heterocycles. The smallest absolute Gasteiger partial charge is 0.263 e. The summed E-state index contributed by atoms with van der Waals surface area (Å²) in [5.41, 5.74) is 0.833. The van der Waals surface area contributed by atoms with Crippen LogP contribution in [0.15, 0.2) is 29.4 Å². The Morgan fingerprint density at radius 3 is 2.58 bits per heavy atom. The maximum atomic E-state index is 12.2. The summed E-state index contributed by atoms with van der Waals surface area (Å²) in [5.74, 6) is 0. The highest BCUT2D eigenvalue weighted by atomic mass is 35.5. The fourth-order valence-corrected chi connectivity index (χ4v) is 3.37. The summed E-state index contributed by atoms with van der Waals surface area (Å²) in [6.07, 6.45) is 3.14. The number of anilines is 1. The molecule has 2 rings (SSSR count). The van der Waals surface area contributed by atoms with E-state index in [0.717, 1.165) is 0 Å². The highest BCUT2D eigenvalue weighted by molar-refractivity contribution is 7.92. The standard InChI is InChI=1S/C11H11Cl2N3O2S/c1-7-5-9(12)14-11(13)10(7)15-19(17,18)8-3-4-16(2)6-8/h3-6,15H,1-2H3. The van der Waals surface area contributed by atoms with E-state index in [9.17, 15) is 8.42 Å². The lowest BCUT2D eigenvalue weighted by atomic mass is 10.3. The molecular formula is C11H11Cl2N3O2S. The molecule has 0 bridgehead atoms. The molecule has 0 fully saturated rings. The minimum atomic E-state index is -3.69. The fourth-order valence-electron chi connectivity index (χ4n) is 1.55. The van der Waals surface area contributed by atoms with Crippen molar-refractivity contribution in [2.75, 3.05) is 4.72 Å². The first-order chi connectivity index (χ1) is 8.79. The molecule has 2 aromatic heterocycles. The third-order valence-corrected chi connectivity index (χ3v) is 4.29. The van der Waals surface area contributed by atoms with Crippen molar-refractivity contribution in [1.29, 1.82) is 0 Å². The monoisotopic (exact) mass is 319 g/mol. The second kappa shape index (κ2) is 5.03. The van der Waals surface area contributed by atoms with Crippen LogP contribution in [-0.2, 0) is 17.1 Å². The Hall–Kier alpha value is -1.24. The molecule has 0 atom stereocenters. The lowest BCUT2D eigenvalue weighted by Gasteiger charge is -2.11. The molecule has 0 spiro atoms. The number of halogens is 2. The number of aryl methyl sites for hydroxylation is 2. The fraction of sp³-hybridized carbons (Fsp3) is 0.182. The molecule has 2 heterocycles. The predicted molar refractivity (Wildman–Crippen MR) is 75.2 cm³/mol. The number of pyridine rings is 1. The van der Waals surface area contributed by atoms with E-state index < -0.39 is 10.0 Å². The number of hydrogen-bond acceptors (Lipinski definition) is 3. The van der Waals surface area contributed by atoms with Crippen molar-refractivity contribution in [2.45, 2.75) is 11.8 Å². The second-order valence-electron chi connectivity index (χ2n) is 4.05. The summed E-state index contributed by atoms with van der Waals surface area (Å²) in [6.45, 7) is 1.70. The average Bonchev–Trinajstić information content (AvgIpc) is 2.71. The van der Waals surface area contributed by atoms with Crippen molar-refractivity contribution in [2.24, 2.45) is 7.05 Å². The van der Waals surface area contributed by atoms with Crippen LogP contribution in [0.3, 0.4) is 0 Å². The van der Waals surface area contributed by atoms with Crippen molar-refractivity contribution in [3.63, 3.8) is 0 Å². The van der Waals surface area contributed by atoms with E-state index in [1.807, 2.05) is 0 Å². The van der Waals surface area contributed by atoms with Crippen molar-refractivity contribution in [3.8, 4) is 0 Å². The third-order valence-electron chi connectivity index (χ3n) is 2.49. The molecule has 0 unspecified atom stereocenters. The summed E-state index contributed by atoms with van der Waals surface area (Å²) in [7, 11) is -1.95. The first-order valence-corrected chi connectivity index (χ1v) is 7.51. The maximum absolute atomic E-state index is 12.2. The Morgan fingerprint density at radius 1 is 1.37 bits per heavy atom. The molecule has 2 aromatic rings. The molecular weight excluding hydrogens is 309 g/mol. The Labute approximate surface area is 121 Å². The lowest BCUT2D eigenvalue weighted by Crippen LogP contribution is -2.14. The zero-order valence-electron chi connectivity index (χ0n) is 10.2. The summed E-state index contributed by atoms with van der Waals surface area (Å²) in [6, 6.07) is 3.03. The van der Waals surface area contributed by atoms with Gasteiger partial charge in [0, 0.05) is 19.4 Å². The van der Waals surface area contributed by atoms with Crippen LogP contribution < -0.4 is 4.72 Å². The summed E-state index contributed by atoms with van der Waals surface area (Å²) in [5, 5.41) is 0.231. The van der Waals surface area contributed by atoms with Gasteiger partial charge in [0.15, 0.2) is 5.15 Å². The minimum Gasteiger partial charge on any atom is -0.356 e. The van der Waals surface area contributed by atoms with Crippen LogP contribution in [0.5, 0.6) is 0 Å². The summed E-state index contributed by atoms with van der Waals surface area (Å²) < 4.78 is 28.4. The van der Waals surface area contributed by atoms with Gasteiger partial charge in [-0.25, -0.2) is 13.4 Å². The van der Waals surface area contributed by atoms with Gasteiger partial charge >= 0.3 is 0 Å². The van der Waals surface area contributed by atoms with Crippen LogP contribution in [0.25, 0.3) is 0 Å². The quantitative estimate of drug-likeness (QED) is 0.885. The van der Waals surface area contributed by atoms with Gasteiger partial charge < -0.3 is 4.57 Å². The lowest BCUT2D eigenvalue weighted by molar-refractivity contribution is 0.601. The molecule has 0 radical (unpaired) electrons. The van der Waals surface area contributed by atoms with Gasteiger partial charge in [-0.05, 0) is 24.6 Å². The summed E-state index contributed by atoms with van der Waals surface area (Å²) >= 11 is 11.6. The van der Waals surface area contributed by atoms with Gasteiger partial charge in [0.2, 0.25) is 0 Å². The second-order valence-corrected chi connectivity index (χ2v) is 6.47. The number of sulfonamides is 1. The van der Waals surface area contributed by atoms with Gasteiger partial charge in [0.05, 0.1) is 5.69 Å². The van der Waals surface area contributed by atoms with Gasteiger partial charge in [0.25, 0.3) is 10.0 Å². The number of aromatic nitrogens is 2. The van der Waals surface area contributed by atoms with Gasteiger partial charge in [-0.1, -0.05) is 23.2 Å². The van der Waals surface area contributed by atoms with Crippen molar-refractivity contribution in [1.82, 2.24) is 9.55 Å². The van der Waals surface area contributed by atoms with E-state index in [1.165, 1.54) is 18.3 Å². The zero-order valence-corrected chi connectivity index (χ0v) is 12.5. The first kappa shape index (κ1) is 14.2. The highest BCUT2D eigenvalue weighted by Crippen LogP contribution is 2.28. The maximum Gasteiger partial charge on any atom is 0.263 e. The topological polar surface area (TPSA) is 64.0 Å². The van der Waals surface area contributed by atoms with E-state index in [0.29, 0.717) is 5.56 Å². The van der Waals surface area contributed by atoms with Crippen LogP contribution in [0, 0.1) is 6.92 Å². The molecule has 0 aromatic carbocycles. The average molecular weight is 320 g/mol. The number of nitrogens with zero attached hydrogens (tertiary/aromatic N) is 2. The number of nitrogens with one attached hydrogen (secondary N) is 1. The number of hydrogen-bond donors (Lipinski definition) is 1. The highest BCUT2D eigenvalue weighted by Gasteiger charge is 2.19. The predicted octanol–water partition coefficient (Wildman–Crippen LogP) is 2.84.